The maximum atomic E-state index is 12.9. The van der Waals surface area contributed by atoms with E-state index in [0.717, 1.165) is 0 Å². The first-order valence-corrected chi connectivity index (χ1v) is 8.08. The number of thiophene rings is 1. The highest BCUT2D eigenvalue weighted by Gasteiger charge is 2.36. The zero-order valence-electron chi connectivity index (χ0n) is 13.0. The lowest BCUT2D eigenvalue weighted by Crippen LogP contribution is -2.14. The van der Waals surface area contributed by atoms with Crippen LogP contribution in [-0.2, 0) is 18.8 Å². The molecule has 0 radical (unpaired) electrons. The Morgan fingerprint density at radius 1 is 1.04 bits per heavy atom. The molecule has 3 aromatic rings. The van der Waals surface area contributed by atoms with E-state index in [2.05, 4.69) is 9.97 Å². The summed E-state index contributed by atoms with van der Waals surface area (Å²) in [6.45, 7) is 1.71. The average molecular weight is 392 g/mol. The topological polar surface area (TPSA) is 45.8 Å². The lowest BCUT2D eigenvalue weighted by atomic mass is 10.0. The minimum Gasteiger partial charge on any atom is -0.310 e. The van der Waals surface area contributed by atoms with Crippen molar-refractivity contribution in [3.05, 3.63) is 62.0 Å². The first-order valence-electron chi connectivity index (χ1n) is 7.20. The zero-order chi connectivity index (χ0) is 19.3. The van der Waals surface area contributed by atoms with Crippen LogP contribution in [0, 0.1) is 6.92 Å². The molecule has 10 heteroatoms. The van der Waals surface area contributed by atoms with E-state index < -0.39 is 29.0 Å². The van der Waals surface area contributed by atoms with Crippen molar-refractivity contribution in [2.75, 3.05) is 0 Å². The summed E-state index contributed by atoms with van der Waals surface area (Å²) in [4.78, 5) is 19.0. The maximum absolute atomic E-state index is 12.9. The second-order valence-electron chi connectivity index (χ2n) is 5.70. The summed E-state index contributed by atoms with van der Waals surface area (Å²) in [6.07, 6.45) is -10.2. The monoisotopic (exact) mass is 392 g/mol. The predicted octanol–water partition coefficient (Wildman–Crippen LogP) is 4.92. The second-order valence-corrected chi connectivity index (χ2v) is 6.56. The number of rotatable bonds is 2. The lowest BCUT2D eigenvalue weighted by molar-refractivity contribution is -0.143. The highest BCUT2D eigenvalue weighted by atomic mass is 32.1. The van der Waals surface area contributed by atoms with Gasteiger partial charge in [0.1, 0.15) is 10.7 Å². The molecular weight excluding hydrogens is 382 g/mol. The van der Waals surface area contributed by atoms with Crippen LogP contribution < -0.4 is 5.56 Å². The molecule has 0 saturated carbocycles. The number of halogens is 6. The normalized spacial score (nSPS) is 12.7. The third-order valence-corrected chi connectivity index (χ3v) is 4.69. The molecule has 2 aromatic heterocycles. The fourth-order valence-electron chi connectivity index (χ4n) is 2.53. The van der Waals surface area contributed by atoms with Gasteiger partial charge in [0.2, 0.25) is 0 Å². The van der Waals surface area contributed by atoms with E-state index in [1.165, 1.54) is 11.3 Å². The van der Waals surface area contributed by atoms with E-state index in [9.17, 15) is 31.1 Å². The van der Waals surface area contributed by atoms with Gasteiger partial charge in [-0.25, -0.2) is 4.98 Å². The fraction of sp³-hybridized carbons (Fsp3) is 0.250. The highest BCUT2D eigenvalue weighted by molar-refractivity contribution is 7.16. The summed E-state index contributed by atoms with van der Waals surface area (Å²) in [5.41, 5.74) is -2.84. The molecule has 0 aliphatic rings. The van der Waals surface area contributed by atoms with Crippen LogP contribution >= 0.6 is 11.3 Å². The van der Waals surface area contributed by atoms with Crippen LogP contribution in [-0.4, -0.2) is 9.97 Å². The first kappa shape index (κ1) is 18.4. The van der Waals surface area contributed by atoms with Crippen molar-refractivity contribution in [2.24, 2.45) is 0 Å². The van der Waals surface area contributed by atoms with Gasteiger partial charge in [-0.1, -0.05) is 0 Å². The number of fused-ring (bicyclic) bond motifs is 1. The Labute approximate surface area is 146 Å². The highest BCUT2D eigenvalue weighted by Crippen LogP contribution is 2.36. The molecule has 0 amide bonds. The van der Waals surface area contributed by atoms with Gasteiger partial charge >= 0.3 is 12.4 Å². The van der Waals surface area contributed by atoms with Crippen LogP contribution in [0.15, 0.2) is 28.4 Å². The van der Waals surface area contributed by atoms with Crippen LogP contribution in [0.25, 0.3) is 10.2 Å². The molecule has 0 atom stereocenters. The number of hydrogen-bond donors (Lipinski definition) is 1. The van der Waals surface area contributed by atoms with Crippen molar-refractivity contribution in [2.45, 2.75) is 25.7 Å². The molecule has 0 fully saturated rings. The van der Waals surface area contributed by atoms with E-state index in [4.69, 9.17) is 0 Å². The minimum absolute atomic E-state index is 0.00296. The third-order valence-electron chi connectivity index (χ3n) is 3.70. The van der Waals surface area contributed by atoms with E-state index in [1.807, 2.05) is 0 Å². The lowest BCUT2D eigenvalue weighted by Gasteiger charge is -2.14. The Morgan fingerprint density at radius 2 is 1.62 bits per heavy atom. The first-order chi connectivity index (χ1) is 11.9. The number of nitrogens with zero attached hydrogens (tertiary/aromatic N) is 1. The van der Waals surface area contributed by atoms with Crippen LogP contribution in [0.1, 0.15) is 28.1 Å². The summed E-state index contributed by atoms with van der Waals surface area (Å²) >= 11 is 1.18. The summed E-state index contributed by atoms with van der Waals surface area (Å²) < 4.78 is 77.5. The van der Waals surface area contributed by atoms with Crippen molar-refractivity contribution in [3.63, 3.8) is 0 Å². The van der Waals surface area contributed by atoms with Gasteiger partial charge < -0.3 is 4.98 Å². The smallest absolute Gasteiger partial charge is 0.310 e. The number of nitrogens with one attached hydrogen (secondary N) is 1. The van der Waals surface area contributed by atoms with E-state index in [1.54, 1.807) is 12.3 Å². The molecule has 2 heterocycles. The van der Waals surface area contributed by atoms with Gasteiger partial charge in [-0.2, -0.15) is 26.3 Å². The molecule has 0 aliphatic carbocycles. The van der Waals surface area contributed by atoms with Gasteiger partial charge in [-0.05, 0) is 41.6 Å². The number of aromatic nitrogens is 2. The van der Waals surface area contributed by atoms with E-state index in [0.29, 0.717) is 27.9 Å². The molecular formula is C16H10F6N2OS. The van der Waals surface area contributed by atoms with Gasteiger partial charge in [0, 0.05) is 6.42 Å². The van der Waals surface area contributed by atoms with Gasteiger partial charge in [0.15, 0.2) is 0 Å². The molecule has 0 saturated heterocycles. The maximum Gasteiger partial charge on any atom is 0.416 e. The molecule has 3 nitrogen and oxygen atoms in total. The molecule has 26 heavy (non-hydrogen) atoms. The fourth-order valence-corrected chi connectivity index (χ4v) is 3.47. The molecule has 0 spiro atoms. The van der Waals surface area contributed by atoms with Crippen molar-refractivity contribution < 1.29 is 26.3 Å². The van der Waals surface area contributed by atoms with E-state index in [-0.39, 0.29) is 23.9 Å². The molecule has 3 rings (SSSR count). The van der Waals surface area contributed by atoms with Crippen molar-refractivity contribution in [1.82, 2.24) is 9.97 Å². The summed E-state index contributed by atoms with van der Waals surface area (Å²) in [5.74, 6) is -0.00296. The number of hydrogen-bond acceptors (Lipinski definition) is 3. The minimum atomic E-state index is -4.92. The van der Waals surface area contributed by atoms with Crippen LogP contribution in [0.2, 0.25) is 0 Å². The molecule has 0 aliphatic heterocycles. The van der Waals surface area contributed by atoms with Crippen LogP contribution in [0.5, 0.6) is 0 Å². The number of aryl methyl sites for hydroxylation is 1. The van der Waals surface area contributed by atoms with Crippen molar-refractivity contribution in [3.8, 4) is 0 Å². The van der Waals surface area contributed by atoms with E-state index >= 15 is 0 Å². The summed E-state index contributed by atoms with van der Waals surface area (Å²) in [7, 11) is 0. The van der Waals surface area contributed by atoms with Gasteiger partial charge in [0.25, 0.3) is 5.56 Å². The largest absolute Gasteiger partial charge is 0.416 e. The molecule has 1 N–H and O–H groups in total. The molecule has 138 valence electrons. The summed E-state index contributed by atoms with van der Waals surface area (Å²) in [5, 5.41) is 2.06. The Bertz CT molecular complexity index is 1000. The Balaban J connectivity index is 2.08. The number of aromatic amines is 1. The molecule has 0 unspecified atom stereocenters. The number of alkyl halides is 6. The molecule has 0 bridgehead atoms. The standard InChI is InChI=1S/C16H10F6N2OS/c1-7-6-26-14-12(7)13(25)23-11(24-14)4-8-2-9(15(17,18)19)5-10(3-8)16(20,21)22/h2-3,5-6H,4H2,1H3,(H,23,24,25). The van der Waals surface area contributed by atoms with Gasteiger partial charge in [0.05, 0.1) is 16.5 Å². The Morgan fingerprint density at radius 3 is 2.15 bits per heavy atom. The third kappa shape index (κ3) is 3.59. The quantitative estimate of drug-likeness (QED) is 0.629. The van der Waals surface area contributed by atoms with Crippen molar-refractivity contribution >= 4 is 21.6 Å². The summed E-state index contributed by atoms with van der Waals surface area (Å²) in [6, 6.07) is 1.31. The Kier molecular flexibility index (Phi) is 4.33. The SMILES string of the molecule is Cc1csc2nc(Cc3cc(C(F)(F)F)cc(C(F)(F)F)c3)[nH]c(=O)c12. The van der Waals surface area contributed by atoms with Crippen molar-refractivity contribution in [1.29, 1.82) is 0 Å². The van der Waals surface area contributed by atoms with Crippen LogP contribution in [0.3, 0.4) is 0 Å². The van der Waals surface area contributed by atoms with Gasteiger partial charge in [-0.3, -0.25) is 4.79 Å². The van der Waals surface area contributed by atoms with Crippen LogP contribution in [0.4, 0.5) is 26.3 Å². The molecule has 1 aromatic carbocycles. The number of benzene rings is 1. The second kappa shape index (κ2) is 6.11. The number of H-pyrrole nitrogens is 1. The zero-order valence-corrected chi connectivity index (χ0v) is 13.9. The van der Waals surface area contributed by atoms with Gasteiger partial charge in [-0.15, -0.1) is 11.3 Å². The Hall–Kier alpha value is -2.36. The average Bonchev–Trinajstić information content (AvgIpc) is 2.87. The predicted molar refractivity (Wildman–Crippen MR) is 84.2 cm³/mol.